The number of nitrogens with one attached hydrogen (secondary N) is 1. The second-order valence-electron chi connectivity index (χ2n) is 4.28. The molecule has 0 unspecified atom stereocenters. The Balaban J connectivity index is 2.31. The van der Waals surface area contributed by atoms with E-state index < -0.39 is 10.8 Å². The maximum Gasteiger partial charge on any atom is 0.282 e. The van der Waals surface area contributed by atoms with Gasteiger partial charge in [0.15, 0.2) is 0 Å². The molecule has 2 aromatic rings. The van der Waals surface area contributed by atoms with Crippen LogP contribution in [-0.2, 0) is 0 Å². The Morgan fingerprint density at radius 1 is 1.20 bits per heavy atom. The molecule has 2 N–H and O–H groups in total. The molecule has 2 rings (SSSR count). The summed E-state index contributed by atoms with van der Waals surface area (Å²) >= 11 is 0. The van der Waals surface area contributed by atoms with E-state index in [0.29, 0.717) is 5.69 Å². The number of hydrogen-bond acceptors (Lipinski definition) is 4. The number of phenols is 1. The second-order valence-corrected chi connectivity index (χ2v) is 4.28. The van der Waals surface area contributed by atoms with E-state index in [-0.39, 0.29) is 17.0 Å². The zero-order chi connectivity index (χ0) is 14.7. The third kappa shape index (κ3) is 2.92. The van der Waals surface area contributed by atoms with Gasteiger partial charge in [0.1, 0.15) is 11.3 Å². The highest BCUT2D eigenvalue weighted by atomic mass is 16.6. The number of hydrogen-bond donors (Lipinski definition) is 2. The first-order chi connectivity index (χ1) is 9.47. The van der Waals surface area contributed by atoms with E-state index in [0.717, 1.165) is 5.56 Å². The van der Waals surface area contributed by atoms with Gasteiger partial charge in [-0.1, -0.05) is 6.07 Å². The number of rotatable bonds is 3. The van der Waals surface area contributed by atoms with Crippen LogP contribution in [0.2, 0.25) is 0 Å². The van der Waals surface area contributed by atoms with E-state index in [9.17, 15) is 14.9 Å². The fourth-order valence-electron chi connectivity index (χ4n) is 1.73. The number of carbonyl (C=O) groups excluding carboxylic acids is 1. The van der Waals surface area contributed by atoms with Crippen molar-refractivity contribution in [1.29, 1.82) is 0 Å². The highest BCUT2D eigenvalue weighted by Gasteiger charge is 2.20. The van der Waals surface area contributed by atoms with Gasteiger partial charge in [-0.05, 0) is 42.8 Å². The van der Waals surface area contributed by atoms with Crippen LogP contribution in [0.3, 0.4) is 0 Å². The van der Waals surface area contributed by atoms with E-state index in [1.165, 1.54) is 36.4 Å². The van der Waals surface area contributed by atoms with Crippen LogP contribution in [0.4, 0.5) is 11.4 Å². The number of aromatic hydroxyl groups is 1. The lowest BCUT2D eigenvalue weighted by atomic mass is 10.1. The van der Waals surface area contributed by atoms with Gasteiger partial charge in [0.2, 0.25) is 0 Å². The topological polar surface area (TPSA) is 92.5 Å². The molecule has 0 saturated carbocycles. The third-order valence-electron chi connectivity index (χ3n) is 2.72. The van der Waals surface area contributed by atoms with E-state index >= 15 is 0 Å². The second kappa shape index (κ2) is 5.40. The predicted molar refractivity (Wildman–Crippen MR) is 73.9 cm³/mol. The molecule has 1 amide bonds. The SMILES string of the molecule is Cc1ccc([N+](=O)[O-])c(C(=O)Nc2ccc(O)cc2)c1. The number of anilines is 1. The maximum absolute atomic E-state index is 12.1. The summed E-state index contributed by atoms with van der Waals surface area (Å²) in [6.07, 6.45) is 0. The summed E-state index contributed by atoms with van der Waals surface area (Å²) in [4.78, 5) is 22.4. The Hall–Kier alpha value is -2.89. The van der Waals surface area contributed by atoms with Gasteiger partial charge in [0.25, 0.3) is 11.6 Å². The first-order valence-electron chi connectivity index (χ1n) is 5.83. The summed E-state index contributed by atoms with van der Waals surface area (Å²) in [6, 6.07) is 10.2. The smallest absolute Gasteiger partial charge is 0.282 e. The molecule has 0 spiro atoms. The van der Waals surface area contributed by atoms with Crippen LogP contribution >= 0.6 is 0 Å². The van der Waals surface area contributed by atoms with Gasteiger partial charge in [0, 0.05) is 11.8 Å². The third-order valence-corrected chi connectivity index (χ3v) is 2.72. The van der Waals surface area contributed by atoms with Crippen molar-refractivity contribution in [2.45, 2.75) is 6.92 Å². The van der Waals surface area contributed by atoms with Crippen molar-refractivity contribution in [3.63, 3.8) is 0 Å². The largest absolute Gasteiger partial charge is 0.508 e. The molecule has 0 radical (unpaired) electrons. The van der Waals surface area contributed by atoms with Gasteiger partial charge >= 0.3 is 0 Å². The van der Waals surface area contributed by atoms with Crippen molar-refractivity contribution in [2.75, 3.05) is 5.32 Å². The molecule has 20 heavy (non-hydrogen) atoms. The van der Waals surface area contributed by atoms with Crippen LogP contribution < -0.4 is 5.32 Å². The Kier molecular flexibility index (Phi) is 3.65. The minimum absolute atomic E-state index is 0.00285. The van der Waals surface area contributed by atoms with Crippen LogP contribution in [0.1, 0.15) is 15.9 Å². The lowest BCUT2D eigenvalue weighted by Crippen LogP contribution is -2.14. The van der Waals surface area contributed by atoms with Gasteiger partial charge in [-0.25, -0.2) is 0 Å². The Morgan fingerprint density at radius 2 is 1.85 bits per heavy atom. The Labute approximate surface area is 114 Å². The molecule has 0 atom stereocenters. The summed E-state index contributed by atoms with van der Waals surface area (Å²) in [5.41, 5.74) is 0.963. The van der Waals surface area contributed by atoms with Crippen molar-refractivity contribution in [2.24, 2.45) is 0 Å². The van der Waals surface area contributed by atoms with Crippen molar-refractivity contribution >= 4 is 17.3 Å². The summed E-state index contributed by atoms with van der Waals surface area (Å²) < 4.78 is 0. The highest BCUT2D eigenvalue weighted by molar-refractivity contribution is 6.07. The first-order valence-corrected chi connectivity index (χ1v) is 5.83. The zero-order valence-corrected chi connectivity index (χ0v) is 10.7. The molecule has 102 valence electrons. The normalized spacial score (nSPS) is 10.1. The molecule has 0 saturated heterocycles. The van der Waals surface area contributed by atoms with Crippen molar-refractivity contribution < 1.29 is 14.8 Å². The quantitative estimate of drug-likeness (QED) is 0.510. The standard InChI is InChI=1S/C14H12N2O4/c1-9-2-7-13(16(19)20)12(8-9)14(18)15-10-3-5-11(17)6-4-10/h2-8,17H,1H3,(H,15,18). The molecule has 0 aliphatic rings. The summed E-state index contributed by atoms with van der Waals surface area (Å²) in [7, 11) is 0. The average Bonchev–Trinajstić information content (AvgIpc) is 2.41. The molecule has 0 aliphatic carbocycles. The number of carbonyl (C=O) groups is 1. The lowest BCUT2D eigenvalue weighted by molar-refractivity contribution is -0.385. The van der Waals surface area contributed by atoms with Crippen LogP contribution in [0.25, 0.3) is 0 Å². The molecule has 0 aromatic heterocycles. The van der Waals surface area contributed by atoms with Crippen molar-refractivity contribution in [1.82, 2.24) is 0 Å². The number of nitrogens with zero attached hydrogens (tertiary/aromatic N) is 1. The summed E-state index contributed by atoms with van der Waals surface area (Å²) in [6.45, 7) is 1.75. The predicted octanol–water partition coefficient (Wildman–Crippen LogP) is 2.86. The number of benzene rings is 2. The summed E-state index contributed by atoms with van der Waals surface area (Å²) in [5.74, 6) is -0.490. The van der Waals surface area contributed by atoms with Crippen LogP contribution in [-0.4, -0.2) is 15.9 Å². The summed E-state index contributed by atoms with van der Waals surface area (Å²) in [5, 5.41) is 22.6. The fraction of sp³-hybridized carbons (Fsp3) is 0.0714. The molecule has 6 nitrogen and oxygen atoms in total. The van der Waals surface area contributed by atoms with Gasteiger partial charge < -0.3 is 10.4 Å². The number of nitro groups is 1. The minimum atomic E-state index is -0.592. The molecular weight excluding hydrogens is 260 g/mol. The number of nitro benzene ring substituents is 1. The van der Waals surface area contributed by atoms with E-state index in [1.807, 2.05) is 0 Å². The van der Waals surface area contributed by atoms with Crippen molar-refractivity contribution in [3.8, 4) is 5.75 Å². The minimum Gasteiger partial charge on any atom is -0.508 e. The molecule has 0 aliphatic heterocycles. The van der Waals surface area contributed by atoms with Crippen LogP contribution in [0.15, 0.2) is 42.5 Å². The molecule has 2 aromatic carbocycles. The molecular formula is C14H12N2O4. The van der Waals surface area contributed by atoms with E-state index in [4.69, 9.17) is 5.11 Å². The maximum atomic E-state index is 12.1. The highest BCUT2D eigenvalue weighted by Crippen LogP contribution is 2.22. The first kappa shape index (κ1) is 13.5. The number of amides is 1. The number of aryl methyl sites for hydroxylation is 1. The van der Waals surface area contributed by atoms with Crippen LogP contribution in [0, 0.1) is 17.0 Å². The number of phenolic OH excluding ortho intramolecular Hbond substituents is 1. The molecule has 0 fully saturated rings. The van der Waals surface area contributed by atoms with E-state index in [1.54, 1.807) is 13.0 Å². The monoisotopic (exact) mass is 272 g/mol. The van der Waals surface area contributed by atoms with Crippen molar-refractivity contribution in [3.05, 3.63) is 63.7 Å². The molecule has 0 bridgehead atoms. The van der Waals surface area contributed by atoms with Gasteiger partial charge in [-0.3, -0.25) is 14.9 Å². The lowest BCUT2D eigenvalue weighted by Gasteiger charge is -2.06. The molecule has 6 heteroatoms. The van der Waals surface area contributed by atoms with Gasteiger partial charge in [0.05, 0.1) is 4.92 Å². The average molecular weight is 272 g/mol. The Morgan fingerprint density at radius 3 is 2.45 bits per heavy atom. The fourth-order valence-corrected chi connectivity index (χ4v) is 1.73. The van der Waals surface area contributed by atoms with Gasteiger partial charge in [-0.15, -0.1) is 0 Å². The zero-order valence-electron chi connectivity index (χ0n) is 10.7. The van der Waals surface area contributed by atoms with Gasteiger partial charge in [-0.2, -0.15) is 0 Å². The van der Waals surface area contributed by atoms with E-state index in [2.05, 4.69) is 5.32 Å². The Bertz CT molecular complexity index is 665. The molecule has 0 heterocycles. The van der Waals surface area contributed by atoms with Crippen LogP contribution in [0.5, 0.6) is 5.75 Å².